The maximum atomic E-state index is 11.8. The van der Waals surface area contributed by atoms with Crippen molar-refractivity contribution in [1.29, 1.82) is 0 Å². The second-order valence-electron chi connectivity index (χ2n) is 5.02. The highest BCUT2D eigenvalue weighted by atomic mass is 79.9. The van der Waals surface area contributed by atoms with Crippen LogP contribution in [0, 0.1) is 5.92 Å². The van der Waals surface area contributed by atoms with Crippen LogP contribution in [0.5, 0.6) is 0 Å². The van der Waals surface area contributed by atoms with Crippen molar-refractivity contribution in [2.45, 2.75) is 19.3 Å². The molecule has 1 saturated heterocycles. The third-order valence-electron chi connectivity index (χ3n) is 3.57. The standard InChI is InChI=1S/C13H20BrN3O/c1-17-6-3-10(4-7-17)2-5-15-13(18)12-8-11(14)9-16-12/h8-10,16H,2-7H2,1H3,(H,15,18). The number of aromatic nitrogens is 1. The predicted molar refractivity (Wildman–Crippen MR) is 75.7 cm³/mol. The number of carbonyl (C=O) groups is 1. The summed E-state index contributed by atoms with van der Waals surface area (Å²) in [4.78, 5) is 17.1. The first-order valence-electron chi connectivity index (χ1n) is 6.46. The number of rotatable bonds is 4. The smallest absolute Gasteiger partial charge is 0.267 e. The zero-order valence-electron chi connectivity index (χ0n) is 10.7. The minimum absolute atomic E-state index is 0.0198. The molecule has 1 fully saturated rings. The molecule has 0 aliphatic carbocycles. The van der Waals surface area contributed by atoms with Gasteiger partial charge in [-0.2, -0.15) is 0 Å². The highest BCUT2D eigenvalue weighted by molar-refractivity contribution is 9.10. The average molecular weight is 314 g/mol. The molecule has 1 amide bonds. The van der Waals surface area contributed by atoms with Gasteiger partial charge >= 0.3 is 0 Å². The molecule has 0 unspecified atom stereocenters. The van der Waals surface area contributed by atoms with E-state index in [1.54, 1.807) is 12.3 Å². The topological polar surface area (TPSA) is 48.1 Å². The minimum Gasteiger partial charge on any atom is -0.356 e. The predicted octanol–water partition coefficient (Wildman–Crippen LogP) is 2.24. The number of H-pyrrole nitrogens is 1. The van der Waals surface area contributed by atoms with E-state index in [0.29, 0.717) is 5.69 Å². The SMILES string of the molecule is CN1CCC(CCNC(=O)c2cc(Br)c[nH]2)CC1. The molecule has 0 spiro atoms. The van der Waals surface area contributed by atoms with Gasteiger partial charge in [-0.1, -0.05) is 0 Å². The van der Waals surface area contributed by atoms with E-state index >= 15 is 0 Å². The summed E-state index contributed by atoms with van der Waals surface area (Å²) < 4.78 is 0.906. The van der Waals surface area contributed by atoms with Crippen molar-refractivity contribution in [1.82, 2.24) is 15.2 Å². The first kappa shape index (κ1) is 13.6. The Morgan fingerprint density at radius 3 is 2.89 bits per heavy atom. The van der Waals surface area contributed by atoms with Gasteiger partial charge in [0.2, 0.25) is 0 Å². The first-order valence-corrected chi connectivity index (χ1v) is 7.25. The summed E-state index contributed by atoms with van der Waals surface area (Å²) >= 11 is 3.32. The fourth-order valence-corrected chi connectivity index (χ4v) is 2.68. The molecule has 1 aliphatic rings. The zero-order chi connectivity index (χ0) is 13.0. The molecule has 0 aromatic carbocycles. The van der Waals surface area contributed by atoms with Gasteiger partial charge in [0.25, 0.3) is 5.91 Å². The molecule has 0 bridgehead atoms. The van der Waals surface area contributed by atoms with Crippen LogP contribution in [-0.2, 0) is 0 Å². The highest BCUT2D eigenvalue weighted by Crippen LogP contribution is 2.18. The monoisotopic (exact) mass is 313 g/mol. The molecule has 1 aliphatic heterocycles. The third kappa shape index (κ3) is 3.85. The number of likely N-dealkylation sites (tertiary alicyclic amines) is 1. The molecule has 1 aromatic rings. The van der Waals surface area contributed by atoms with E-state index in [9.17, 15) is 4.79 Å². The number of amides is 1. The van der Waals surface area contributed by atoms with Gasteiger partial charge in [0.1, 0.15) is 5.69 Å². The van der Waals surface area contributed by atoms with Gasteiger partial charge in [-0.15, -0.1) is 0 Å². The molecule has 5 heteroatoms. The largest absolute Gasteiger partial charge is 0.356 e. The molecule has 2 heterocycles. The molecule has 0 radical (unpaired) electrons. The fraction of sp³-hybridized carbons (Fsp3) is 0.615. The van der Waals surface area contributed by atoms with Gasteiger partial charge in [0, 0.05) is 17.2 Å². The van der Waals surface area contributed by atoms with Crippen molar-refractivity contribution in [2.75, 3.05) is 26.7 Å². The number of carbonyl (C=O) groups excluding carboxylic acids is 1. The Balaban J connectivity index is 1.67. The molecule has 0 saturated carbocycles. The Hall–Kier alpha value is -0.810. The molecule has 2 N–H and O–H groups in total. The highest BCUT2D eigenvalue weighted by Gasteiger charge is 2.16. The van der Waals surface area contributed by atoms with Crippen LogP contribution in [0.25, 0.3) is 0 Å². The summed E-state index contributed by atoms with van der Waals surface area (Å²) in [7, 11) is 2.17. The number of aromatic amines is 1. The fourth-order valence-electron chi connectivity index (χ4n) is 2.33. The van der Waals surface area contributed by atoms with Crippen molar-refractivity contribution in [3.05, 3.63) is 22.4 Å². The van der Waals surface area contributed by atoms with Gasteiger partial charge in [-0.05, 0) is 67.3 Å². The first-order chi connectivity index (χ1) is 8.65. The lowest BCUT2D eigenvalue weighted by Crippen LogP contribution is -2.32. The molecule has 0 atom stereocenters. The second kappa shape index (κ2) is 6.38. The van der Waals surface area contributed by atoms with Crippen LogP contribution in [0.1, 0.15) is 29.8 Å². The van der Waals surface area contributed by atoms with E-state index in [1.165, 1.54) is 25.9 Å². The van der Waals surface area contributed by atoms with Crippen LogP contribution in [0.4, 0.5) is 0 Å². The normalized spacial score (nSPS) is 17.9. The van der Waals surface area contributed by atoms with Crippen molar-refractivity contribution < 1.29 is 4.79 Å². The number of nitrogens with zero attached hydrogens (tertiary/aromatic N) is 1. The molecule has 1 aromatic heterocycles. The lowest BCUT2D eigenvalue weighted by atomic mass is 9.94. The van der Waals surface area contributed by atoms with E-state index in [0.717, 1.165) is 23.4 Å². The minimum atomic E-state index is -0.0198. The Labute approximate surface area is 116 Å². The second-order valence-corrected chi connectivity index (χ2v) is 5.94. The van der Waals surface area contributed by atoms with E-state index in [1.807, 2.05) is 0 Å². The van der Waals surface area contributed by atoms with E-state index in [2.05, 4.69) is 38.2 Å². The zero-order valence-corrected chi connectivity index (χ0v) is 12.3. The molecule has 18 heavy (non-hydrogen) atoms. The quantitative estimate of drug-likeness (QED) is 0.895. The summed E-state index contributed by atoms with van der Waals surface area (Å²) in [6.45, 7) is 3.13. The summed E-state index contributed by atoms with van der Waals surface area (Å²) in [5.41, 5.74) is 0.616. The number of halogens is 1. The van der Waals surface area contributed by atoms with Crippen molar-refractivity contribution >= 4 is 21.8 Å². The number of piperidine rings is 1. The maximum Gasteiger partial charge on any atom is 0.267 e. The number of hydrogen-bond acceptors (Lipinski definition) is 2. The van der Waals surface area contributed by atoms with Crippen molar-refractivity contribution in [2.24, 2.45) is 5.92 Å². The number of hydrogen-bond donors (Lipinski definition) is 2. The van der Waals surface area contributed by atoms with Crippen molar-refractivity contribution in [3.63, 3.8) is 0 Å². The Bertz CT molecular complexity index is 397. The van der Waals surface area contributed by atoms with Crippen molar-refractivity contribution in [3.8, 4) is 0 Å². The van der Waals surface area contributed by atoms with Gasteiger partial charge in [-0.3, -0.25) is 4.79 Å². The van der Waals surface area contributed by atoms with Gasteiger partial charge in [0.15, 0.2) is 0 Å². The van der Waals surface area contributed by atoms with Crippen LogP contribution < -0.4 is 5.32 Å². The van der Waals surface area contributed by atoms with Crippen LogP contribution >= 0.6 is 15.9 Å². The van der Waals surface area contributed by atoms with Gasteiger partial charge in [-0.25, -0.2) is 0 Å². The van der Waals surface area contributed by atoms with Crippen LogP contribution in [-0.4, -0.2) is 42.5 Å². The molecular formula is C13H20BrN3O. The molecule has 4 nitrogen and oxygen atoms in total. The summed E-state index contributed by atoms with van der Waals surface area (Å²) in [6, 6.07) is 1.80. The van der Waals surface area contributed by atoms with E-state index in [4.69, 9.17) is 0 Å². The van der Waals surface area contributed by atoms with Crippen LogP contribution in [0.2, 0.25) is 0 Å². The average Bonchev–Trinajstić information content (AvgIpc) is 2.78. The molecule has 100 valence electrons. The van der Waals surface area contributed by atoms with Crippen LogP contribution in [0.3, 0.4) is 0 Å². The van der Waals surface area contributed by atoms with Gasteiger partial charge in [0.05, 0.1) is 0 Å². The van der Waals surface area contributed by atoms with Gasteiger partial charge < -0.3 is 15.2 Å². The lowest BCUT2D eigenvalue weighted by Gasteiger charge is -2.28. The Morgan fingerprint density at radius 2 is 2.28 bits per heavy atom. The Kier molecular flexibility index (Phi) is 4.83. The lowest BCUT2D eigenvalue weighted by molar-refractivity contribution is 0.0944. The summed E-state index contributed by atoms with van der Waals surface area (Å²) in [5, 5.41) is 2.97. The van der Waals surface area contributed by atoms with Crippen LogP contribution in [0.15, 0.2) is 16.7 Å². The molecular weight excluding hydrogens is 294 g/mol. The third-order valence-corrected chi connectivity index (χ3v) is 4.03. The van der Waals surface area contributed by atoms with E-state index in [-0.39, 0.29) is 5.91 Å². The Morgan fingerprint density at radius 1 is 1.56 bits per heavy atom. The van der Waals surface area contributed by atoms with E-state index < -0.39 is 0 Å². The maximum absolute atomic E-state index is 11.8. The summed E-state index contributed by atoms with van der Waals surface area (Å²) in [5.74, 6) is 0.741. The number of nitrogens with one attached hydrogen (secondary N) is 2. The molecule has 2 rings (SSSR count). The summed E-state index contributed by atoms with van der Waals surface area (Å²) in [6.07, 6.45) is 5.36.